The van der Waals surface area contributed by atoms with Crippen LogP contribution in [0.15, 0.2) is 42.5 Å². The molecular formula is C22H23FN6O3. The van der Waals surface area contributed by atoms with Gasteiger partial charge in [-0.25, -0.2) is 4.39 Å². The van der Waals surface area contributed by atoms with Crippen LogP contribution < -0.4 is 16.8 Å². The maximum absolute atomic E-state index is 14.0. The quantitative estimate of drug-likeness (QED) is 0.454. The van der Waals surface area contributed by atoms with E-state index in [1.54, 1.807) is 30.3 Å². The number of carbonyl (C=O) groups is 3. The van der Waals surface area contributed by atoms with Gasteiger partial charge >= 0.3 is 0 Å². The first-order valence-electron chi connectivity index (χ1n) is 10.2. The second-order valence-corrected chi connectivity index (χ2v) is 7.74. The number of rotatable bonds is 8. The van der Waals surface area contributed by atoms with Gasteiger partial charge in [0.15, 0.2) is 11.5 Å². The molecule has 0 saturated heterocycles. The maximum atomic E-state index is 14.0. The molecule has 3 aromatic rings. The normalized spacial score (nSPS) is 13.2. The molecule has 1 saturated carbocycles. The van der Waals surface area contributed by atoms with Crippen molar-refractivity contribution in [1.29, 1.82) is 0 Å². The minimum absolute atomic E-state index is 0.00770. The van der Waals surface area contributed by atoms with Crippen LogP contribution in [0.4, 0.5) is 10.1 Å². The highest BCUT2D eigenvalue weighted by molar-refractivity contribution is 6.04. The number of nitrogens with zero attached hydrogens (tertiary/aromatic N) is 3. The third-order valence-electron chi connectivity index (χ3n) is 5.38. The van der Waals surface area contributed by atoms with Crippen molar-refractivity contribution >= 4 is 34.3 Å². The Bertz CT molecular complexity index is 1200. The van der Waals surface area contributed by atoms with Crippen molar-refractivity contribution in [1.82, 2.24) is 20.0 Å². The number of aromatic nitrogens is 2. The summed E-state index contributed by atoms with van der Waals surface area (Å²) in [5, 5.41) is 7.40. The Hall–Kier alpha value is -3.95. The lowest BCUT2D eigenvalue weighted by Crippen LogP contribution is -2.43. The average molecular weight is 438 g/mol. The number of nitrogens with one attached hydrogen (secondary N) is 1. The Kier molecular flexibility index (Phi) is 5.76. The van der Waals surface area contributed by atoms with Gasteiger partial charge in [-0.1, -0.05) is 30.3 Å². The van der Waals surface area contributed by atoms with Crippen LogP contribution in [0.5, 0.6) is 0 Å². The van der Waals surface area contributed by atoms with Crippen molar-refractivity contribution in [2.24, 2.45) is 5.73 Å². The van der Waals surface area contributed by atoms with Gasteiger partial charge in [-0.15, -0.1) is 0 Å². The molecule has 0 bridgehead atoms. The first kappa shape index (κ1) is 21.3. The van der Waals surface area contributed by atoms with Crippen molar-refractivity contribution in [3.05, 3.63) is 59.5 Å². The number of fused-ring (bicyclic) bond motifs is 1. The Labute approximate surface area is 183 Å². The van der Waals surface area contributed by atoms with Crippen LogP contribution in [0.2, 0.25) is 0 Å². The summed E-state index contributed by atoms with van der Waals surface area (Å²) in [7, 11) is 0. The van der Waals surface area contributed by atoms with Crippen molar-refractivity contribution in [2.45, 2.75) is 32.0 Å². The van der Waals surface area contributed by atoms with E-state index in [0.29, 0.717) is 10.9 Å². The molecule has 0 aliphatic heterocycles. The summed E-state index contributed by atoms with van der Waals surface area (Å²) >= 11 is 0. The number of para-hydroxylation sites is 1. The lowest BCUT2D eigenvalue weighted by molar-refractivity contribution is -0.137. The van der Waals surface area contributed by atoms with Crippen LogP contribution in [-0.2, 0) is 22.7 Å². The van der Waals surface area contributed by atoms with Gasteiger partial charge in [0.1, 0.15) is 6.54 Å². The van der Waals surface area contributed by atoms with E-state index in [1.807, 2.05) is 0 Å². The van der Waals surface area contributed by atoms with Crippen molar-refractivity contribution in [3.63, 3.8) is 0 Å². The number of hydrogen-bond acceptors (Lipinski definition) is 5. The summed E-state index contributed by atoms with van der Waals surface area (Å²) in [6.07, 6.45) is 1.60. The maximum Gasteiger partial charge on any atom is 0.269 e. The van der Waals surface area contributed by atoms with Crippen LogP contribution in [0, 0.1) is 5.82 Å². The van der Waals surface area contributed by atoms with E-state index in [4.69, 9.17) is 11.5 Å². The summed E-state index contributed by atoms with van der Waals surface area (Å²) in [5.41, 5.74) is 11.9. The smallest absolute Gasteiger partial charge is 0.269 e. The highest BCUT2D eigenvalue weighted by atomic mass is 19.1. The van der Waals surface area contributed by atoms with Crippen molar-refractivity contribution in [3.8, 4) is 0 Å². The van der Waals surface area contributed by atoms with Gasteiger partial charge in [0.2, 0.25) is 11.8 Å². The number of hydrogen-bond donors (Lipinski definition) is 3. The minimum Gasteiger partial charge on any atom is -0.396 e. The van der Waals surface area contributed by atoms with Gasteiger partial charge in [-0.3, -0.25) is 19.1 Å². The van der Waals surface area contributed by atoms with E-state index < -0.39 is 17.6 Å². The molecule has 0 atom stereocenters. The molecule has 1 aliphatic rings. The standard InChI is InChI=1S/C22H23FN6O3/c23-20-13(4-3-6-16(20)24)10-26-18(30)11-28(14-8-9-14)19(31)12-29-17-7-2-1-5-15(17)21(27-29)22(25)32/h1-7,14H,8-12,24H2,(H2,25,32)(H,26,30). The molecule has 0 spiro atoms. The summed E-state index contributed by atoms with van der Waals surface area (Å²) in [6, 6.07) is 11.5. The Morgan fingerprint density at radius 1 is 1.16 bits per heavy atom. The molecule has 4 rings (SSSR count). The van der Waals surface area contributed by atoms with Gasteiger partial charge in [-0.2, -0.15) is 5.10 Å². The molecule has 0 unspecified atom stereocenters. The van der Waals surface area contributed by atoms with E-state index in [1.165, 1.54) is 21.7 Å². The molecule has 0 radical (unpaired) electrons. The number of nitrogen functional groups attached to an aromatic ring is 1. The molecule has 2 aromatic carbocycles. The molecule has 1 aliphatic carbocycles. The largest absolute Gasteiger partial charge is 0.396 e. The first-order chi connectivity index (χ1) is 15.3. The van der Waals surface area contributed by atoms with E-state index in [9.17, 15) is 18.8 Å². The van der Waals surface area contributed by atoms with Crippen LogP contribution in [0.3, 0.4) is 0 Å². The minimum atomic E-state index is -0.681. The highest BCUT2D eigenvalue weighted by Crippen LogP contribution is 2.27. The van der Waals surface area contributed by atoms with Crippen LogP contribution >= 0.6 is 0 Å². The van der Waals surface area contributed by atoms with Gasteiger partial charge in [0.25, 0.3) is 5.91 Å². The van der Waals surface area contributed by atoms with Gasteiger partial charge < -0.3 is 21.7 Å². The van der Waals surface area contributed by atoms with Gasteiger partial charge in [0, 0.05) is 23.5 Å². The van der Waals surface area contributed by atoms with Crippen LogP contribution in [0.1, 0.15) is 28.9 Å². The number of primary amides is 1. The SMILES string of the molecule is NC(=O)c1nn(CC(=O)N(CC(=O)NCc2cccc(N)c2F)C2CC2)c2ccccc12. The Morgan fingerprint density at radius 3 is 2.62 bits per heavy atom. The molecule has 32 heavy (non-hydrogen) atoms. The average Bonchev–Trinajstić information content (AvgIpc) is 3.54. The second kappa shape index (κ2) is 8.66. The Morgan fingerprint density at radius 2 is 1.91 bits per heavy atom. The number of anilines is 1. The fourth-order valence-electron chi connectivity index (χ4n) is 3.60. The predicted octanol–water partition coefficient (Wildman–Crippen LogP) is 1.16. The second-order valence-electron chi connectivity index (χ2n) is 7.74. The molecule has 9 nitrogen and oxygen atoms in total. The molecule has 1 heterocycles. The molecule has 1 aromatic heterocycles. The number of halogens is 1. The third kappa shape index (κ3) is 4.39. The summed E-state index contributed by atoms with van der Waals surface area (Å²) in [5.74, 6) is -1.96. The molecule has 1 fully saturated rings. The van der Waals surface area contributed by atoms with Crippen molar-refractivity contribution < 1.29 is 18.8 Å². The van der Waals surface area contributed by atoms with E-state index in [2.05, 4.69) is 10.4 Å². The van der Waals surface area contributed by atoms with Gasteiger partial charge in [0.05, 0.1) is 17.7 Å². The number of benzene rings is 2. The molecule has 5 N–H and O–H groups in total. The zero-order chi connectivity index (χ0) is 22.8. The highest BCUT2D eigenvalue weighted by Gasteiger charge is 2.34. The number of carbonyl (C=O) groups excluding carboxylic acids is 3. The molecule has 166 valence electrons. The molecule has 3 amide bonds. The number of nitrogens with two attached hydrogens (primary N) is 2. The monoisotopic (exact) mass is 438 g/mol. The summed E-state index contributed by atoms with van der Waals surface area (Å²) in [6.45, 7) is -0.328. The number of amides is 3. The summed E-state index contributed by atoms with van der Waals surface area (Å²) in [4.78, 5) is 38.7. The summed E-state index contributed by atoms with van der Waals surface area (Å²) < 4.78 is 15.5. The van der Waals surface area contributed by atoms with Crippen molar-refractivity contribution in [2.75, 3.05) is 12.3 Å². The van der Waals surface area contributed by atoms with E-state index >= 15 is 0 Å². The van der Waals surface area contributed by atoms with E-state index in [0.717, 1.165) is 12.8 Å². The first-order valence-corrected chi connectivity index (χ1v) is 10.2. The zero-order valence-electron chi connectivity index (χ0n) is 17.3. The third-order valence-corrected chi connectivity index (χ3v) is 5.38. The van der Waals surface area contributed by atoms with E-state index in [-0.39, 0.29) is 48.5 Å². The fraction of sp³-hybridized carbons (Fsp3) is 0.273. The van der Waals surface area contributed by atoms with Gasteiger partial charge in [-0.05, 0) is 25.0 Å². The lowest BCUT2D eigenvalue weighted by Gasteiger charge is -2.22. The zero-order valence-corrected chi connectivity index (χ0v) is 17.3. The molecule has 10 heteroatoms. The van der Waals surface area contributed by atoms with Crippen LogP contribution in [0.25, 0.3) is 10.9 Å². The lowest BCUT2D eigenvalue weighted by atomic mass is 10.2. The molecular weight excluding hydrogens is 415 g/mol. The topological polar surface area (TPSA) is 136 Å². The Balaban J connectivity index is 1.45. The predicted molar refractivity (Wildman–Crippen MR) is 116 cm³/mol. The fourth-order valence-corrected chi connectivity index (χ4v) is 3.60. The van der Waals surface area contributed by atoms with Crippen LogP contribution in [-0.4, -0.2) is 45.0 Å².